The van der Waals surface area contributed by atoms with Crippen molar-refractivity contribution in [2.24, 2.45) is 0 Å². The zero-order valence-electron chi connectivity index (χ0n) is 9.81. The molecular formula is C12H11BrFNO4. The zero-order valence-corrected chi connectivity index (χ0v) is 11.4. The summed E-state index contributed by atoms with van der Waals surface area (Å²) in [5.41, 5.74) is -0.157. The number of aliphatic carboxylic acids is 1. The Morgan fingerprint density at radius 1 is 1.47 bits per heavy atom. The third-order valence-electron chi connectivity index (χ3n) is 2.85. The van der Waals surface area contributed by atoms with Gasteiger partial charge in [-0.05, 0) is 28.1 Å². The van der Waals surface area contributed by atoms with Crippen LogP contribution in [-0.2, 0) is 9.53 Å². The number of nitrogens with zero attached hydrogens (tertiary/aromatic N) is 1. The summed E-state index contributed by atoms with van der Waals surface area (Å²) in [6.07, 6.45) is 0. The number of benzene rings is 1. The summed E-state index contributed by atoms with van der Waals surface area (Å²) in [7, 11) is 0. The van der Waals surface area contributed by atoms with E-state index in [1.807, 2.05) is 0 Å². The second-order valence-corrected chi connectivity index (χ2v) is 4.88. The molecule has 1 saturated heterocycles. The maximum absolute atomic E-state index is 13.7. The number of amides is 1. The number of carboxylic acids is 1. The molecule has 0 spiro atoms. The van der Waals surface area contributed by atoms with Gasteiger partial charge in [-0.25, -0.2) is 9.18 Å². The lowest BCUT2D eigenvalue weighted by molar-refractivity contribution is -0.147. The van der Waals surface area contributed by atoms with Crippen LogP contribution in [0.5, 0.6) is 0 Å². The van der Waals surface area contributed by atoms with Crippen LogP contribution in [0.25, 0.3) is 0 Å². The number of carbonyl (C=O) groups excluding carboxylic acids is 1. The smallest absolute Gasteiger partial charge is 0.328 e. The molecule has 0 aliphatic carbocycles. The molecule has 1 N–H and O–H groups in total. The van der Waals surface area contributed by atoms with Gasteiger partial charge >= 0.3 is 5.97 Å². The van der Waals surface area contributed by atoms with E-state index in [0.717, 1.165) is 11.0 Å². The fourth-order valence-corrected chi connectivity index (χ4v) is 2.41. The average molecular weight is 332 g/mol. The third-order valence-corrected chi connectivity index (χ3v) is 3.51. The van der Waals surface area contributed by atoms with Crippen LogP contribution in [-0.4, -0.2) is 47.7 Å². The minimum absolute atomic E-state index is 0.0901. The minimum Gasteiger partial charge on any atom is -0.480 e. The first kappa shape index (κ1) is 14.0. The normalized spacial score (nSPS) is 19.3. The highest BCUT2D eigenvalue weighted by molar-refractivity contribution is 9.10. The fourth-order valence-electron chi connectivity index (χ4n) is 1.90. The molecule has 2 rings (SSSR count). The highest BCUT2D eigenvalue weighted by atomic mass is 79.9. The fraction of sp³-hybridized carbons (Fsp3) is 0.333. The second-order valence-electron chi connectivity index (χ2n) is 4.02. The van der Waals surface area contributed by atoms with Crippen LogP contribution >= 0.6 is 15.9 Å². The van der Waals surface area contributed by atoms with E-state index >= 15 is 0 Å². The molecule has 0 saturated carbocycles. The number of morpholine rings is 1. The molecule has 102 valence electrons. The summed E-state index contributed by atoms with van der Waals surface area (Å²) in [6.45, 7) is 0.269. The number of hydrogen-bond donors (Lipinski definition) is 1. The average Bonchev–Trinajstić information content (AvgIpc) is 2.38. The molecule has 1 aliphatic heterocycles. The Bertz CT molecular complexity index is 502. The van der Waals surface area contributed by atoms with E-state index in [4.69, 9.17) is 9.84 Å². The minimum atomic E-state index is -1.17. The van der Waals surface area contributed by atoms with Gasteiger partial charge in [0.1, 0.15) is 5.82 Å². The molecule has 1 aliphatic rings. The van der Waals surface area contributed by atoms with Crippen molar-refractivity contribution >= 4 is 27.8 Å². The molecule has 7 heteroatoms. The maximum Gasteiger partial charge on any atom is 0.328 e. The Labute approximate surface area is 117 Å². The molecular weight excluding hydrogens is 321 g/mol. The first-order valence-electron chi connectivity index (χ1n) is 5.58. The van der Waals surface area contributed by atoms with Crippen LogP contribution in [0.1, 0.15) is 10.4 Å². The summed E-state index contributed by atoms with van der Waals surface area (Å²) in [6, 6.07) is 3.07. The molecule has 1 fully saturated rings. The van der Waals surface area contributed by atoms with Crippen LogP contribution in [0.3, 0.4) is 0 Å². The highest BCUT2D eigenvalue weighted by Crippen LogP contribution is 2.23. The van der Waals surface area contributed by atoms with Gasteiger partial charge in [0.2, 0.25) is 0 Å². The molecule has 1 heterocycles. The van der Waals surface area contributed by atoms with Gasteiger partial charge in [-0.2, -0.15) is 0 Å². The Balaban J connectivity index is 2.34. The second kappa shape index (κ2) is 5.66. The van der Waals surface area contributed by atoms with E-state index in [0.29, 0.717) is 4.47 Å². The summed E-state index contributed by atoms with van der Waals surface area (Å²) in [4.78, 5) is 24.5. The zero-order chi connectivity index (χ0) is 14.0. The van der Waals surface area contributed by atoms with Crippen molar-refractivity contribution in [3.05, 3.63) is 34.1 Å². The summed E-state index contributed by atoms with van der Waals surface area (Å²) < 4.78 is 19.1. The SMILES string of the molecule is O=C(O)C1COCCN1C(=O)c1c(F)cccc1Br. The van der Waals surface area contributed by atoms with Gasteiger partial charge in [-0.3, -0.25) is 4.79 Å². The van der Waals surface area contributed by atoms with Crippen LogP contribution in [0.4, 0.5) is 4.39 Å². The summed E-state index contributed by atoms with van der Waals surface area (Å²) in [5.74, 6) is -2.50. The standard InChI is InChI=1S/C12H11BrFNO4/c13-7-2-1-3-8(14)10(7)11(16)15-4-5-19-6-9(15)12(17)18/h1-3,9H,4-6H2,(H,17,18). The lowest BCUT2D eigenvalue weighted by Crippen LogP contribution is -2.52. The molecule has 0 aromatic heterocycles. The van der Waals surface area contributed by atoms with E-state index in [-0.39, 0.29) is 25.3 Å². The van der Waals surface area contributed by atoms with E-state index in [1.165, 1.54) is 12.1 Å². The van der Waals surface area contributed by atoms with Gasteiger partial charge in [0.25, 0.3) is 5.91 Å². The first-order chi connectivity index (χ1) is 9.02. The highest BCUT2D eigenvalue weighted by Gasteiger charge is 2.34. The summed E-state index contributed by atoms with van der Waals surface area (Å²) >= 11 is 3.11. The molecule has 1 amide bonds. The molecule has 1 unspecified atom stereocenters. The number of carbonyl (C=O) groups is 2. The Hall–Kier alpha value is -1.47. The quantitative estimate of drug-likeness (QED) is 0.892. The van der Waals surface area contributed by atoms with Crippen LogP contribution in [0.15, 0.2) is 22.7 Å². The lowest BCUT2D eigenvalue weighted by atomic mass is 10.1. The number of hydrogen-bond acceptors (Lipinski definition) is 3. The van der Waals surface area contributed by atoms with Crippen molar-refractivity contribution in [2.45, 2.75) is 6.04 Å². The van der Waals surface area contributed by atoms with Gasteiger partial charge in [0, 0.05) is 11.0 Å². The van der Waals surface area contributed by atoms with E-state index in [9.17, 15) is 14.0 Å². The monoisotopic (exact) mass is 331 g/mol. The van der Waals surface area contributed by atoms with Gasteiger partial charge in [0.15, 0.2) is 6.04 Å². The first-order valence-corrected chi connectivity index (χ1v) is 6.37. The van der Waals surface area contributed by atoms with Crippen molar-refractivity contribution in [1.29, 1.82) is 0 Å². The Kier molecular flexibility index (Phi) is 4.16. The van der Waals surface area contributed by atoms with Crippen molar-refractivity contribution in [1.82, 2.24) is 4.90 Å². The van der Waals surface area contributed by atoms with Crippen molar-refractivity contribution < 1.29 is 23.8 Å². The van der Waals surface area contributed by atoms with E-state index < -0.39 is 23.7 Å². The van der Waals surface area contributed by atoms with Gasteiger partial charge < -0.3 is 14.7 Å². The predicted molar refractivity (Wildman–Crippen MR) is 67.4 cm³/mol. The molecule has 1 aromatic carbocycles. The molecule has 0 radical (unpaired) electrons. The molecule has 0 bridgehead atoms. The maximum atomic E-state index is 13.7. The largest absolute Gasteiger partial charge is 0.480 e. The lowest BCUT2D eigenvalue weighted by Gasteiger charge is -2.33. The number of ether oxygens (including phenoxy) is 1. The third kappa shape index (κ3) is 2.76. The topological polar surface area (TPSA) is 66.8 Å². The Morgan fingerprint density at radius 3 is 2.84 bits per heavy atom. The predicted octanol–water partition coefficient (Wildman–Crippen LogP) is 1.51. The molecule has 19 heavy (non-hydrogen) atoms. The molecule has 1 aromatic rings. The van der Waals surface area contributed by atoms with Crippen molar-refractivity contribution in [3.8, 4) is 0 Å². The van der Waals surface area contributed by atoms with E-state index in [1.54, 1.807) is 0 Å². The molecule has 5 nitrogen and oxygen atoms in total. The summed E-state index contributed by atoms with van der Waals surface area (Å²) in [5, 5.41) is 9.06. The van der Waals surface area contributed by atoms with E-state index in [2.05, 4.69) is 15.9 Å². The number of halogens is 2. The van der Waals surface area contributed by atoms with Gasteiger partial charge in [-0.15, -0.1) is 0 Å². The van der Waals surface area contributed by atoms with Crippen molar-refractivity contribution in [3.63, 3.8) is 0 Å². The molecule has 1 atom stereocenters. The van der Waals surface area contributed by atoms with Gasteiger partial charge in [-0.1, -0.05) is 6.07 Å². The number of carboxylic acid groups (broad SMARTS) is 1. The number of rotatable bonds is 2. The Morgan fingerprint density at radius 2 is 2.21 bits per heavy atom. The van der Waals surface area contributed by atoms with Crippen molar-refractivity contribution in [2.75, 3.05) is 19.8 Å². The van der Waals surface area contributed by atoms with Crippen LogP contribution in [0.2, 0.25) is 0 Å². The van der Waals surface area contributed by atoms with Crippen LogP contribution in [0, 0.1) is 5.82 Å². The van der Waals surface area contributed by atoms with Gasteiger partial charge in [0.05, 0.1) is 18.8 Å². The van der Waals surface area contributed by atoms with Crippen LogP contribution < -0.4 is 0 Å².